The van der Waals surface area contributed by atoms with Crippen LogP contribution in [0, 0.1) is 5.82 Å². The quantitative estimate of drug-likeness (QED) is 0.589. The molecular weight excluding hydrogens is 303 g/mol. The second-order valence-corrected chi connectivity index (χ2v) is 5.83. The van der Waals surface area contributed by atoms with Gasteiger partial charge < -0.3 is 15.0 Å². The Kier molecular flexibility index (Phi) is 3.47. The molecule has 0 bridgehead atoms. The number of hydrogen-bond acceptors (Lipinski definition) is 2. The Balaban J connectivity index is 2.13. The molecule has 0 saturated heterocycles. The summed E-state index contributed by atoms with van der Waals surface area (Å²) in [5, 5.41) is 15.8. The van der Waals surface area contributed by atoms with E-state index < -0.39 is 0 Å². The normalized spacial score (nSPS) is 11.4. The first-order valence-corrected chi connectivity index (χ1v) is 7.85. The average Bonchev–Trinajstić information content (AvgIpc) is 2.93. The van der Waals surface area contributed by atoms with E-state index in [1.165, 1.54) is 12.1 Å². The molecule has 1 aromatic heterocycles. The van der Waals surface area contributed by atoms with Gasteiger partial charge in [-0.2, -0.15) is 0 Å². The highest BCUT2D eigenvalue weighted by Crippen LogP contribution is 2.36. The van der Waals surface area contributed by atoms with Gasteiger partial charge >= 0.3 is 0 Å². The van der Waals surface area contributed by atoms with Gasteiger partial charge in [-0.25, -0.2) is 4.39 Å². The van der Waals surface area contributed by atoms with E-state index in [4.69, 9.17) is 0 Å². The van der Waals surface area contributed by atoms with Crippen molar-refractivity contribution in [2.45, 2.75) is 6.54 Å². The standard InChI is InChI=1S/C20H17FN2O/c1-22-12-13-10-14(21)11-19(20(13)24)23-17-8-4-2-6-15(17)16-7-3-5-9-18(16)23/h2-11,22,24H,12H2,1H3. The molecule has 1 heterocycles. The molecule has 0 radical (unpaired) electrons. The fourth-order valence-corrected chi connectivity index (χ4v) is 3.32. The van der Waals surface area contributed by atoms with Crippen LogP contribution in [0.5, 0.6) is 5.75 Å². The van der Waals surface area contributed by atoms with Crippen LogP contribution in [0.25, 0.3) is 27.5 Å². The van der Waals surface area contributed by atoms with Crippen molar-refractivity contribution < 1.29 is 9.50 Å². The van der Waals surface area contributed by atoms with Crippen LogP contribution in [0.2, 0.25) is 0 Å². The third-order valence-corrected chi connectivity index (χ3v) is 4.32. The maximum absolute atomic E-state index is 14.2. The van der Waals surface area contributed by atoms with E-state index in [-0.39, 0.29) is 11.6 Å². The second-order valence-electron chi connectivity index (χ2n) is 5.83. The Hall–Kier alpha value is -2.85. The lowest BCUT2D eigenvalue weighted by Gasteiger charge is -2.13. The number of phenolic OH excluding ortho intramolecular Hbond substituents is 1. The number of benzene rings is 3. The van der Waals surface area contributed by atoms with E-state index in [2.05, 4.69) is 5.32 Å². The van der Waals surface area contributed by atoms with Gasteiger partial charge in [0.1, 0.15) is 11.6 Å². The summed E-state index contributed by atoms with van der Waals surface area (Å²) in [7, 11) is 1.77. The van der Waals surface area contributed by atoms with Crippen LogP contribution in [0.3, 0.4) is 0 Å². The number of aromatic nitrogens is 1. The van der Waals surface area contributed by atoms with Gasteiger partial charge in [0.2, 0.25) is 0 Å². The molecule has 0 fully saturated rings. The van der Waals surface area contributed by atoms with Crippen LogP contribution in [0.1, 0.15) is 5.56 Å². The molecule has 4 rings (SSSR count). The molecule has 0 amide bonds. The van der Waals surface area contributed by atoms with Gasteiger partial charge in [0.25, 0.3) is 0 Å². The zero-order chi connectivity index (χ0) is 16.7. The third-order valence-electron chi connectivity index (χ3n) is 4.32. The number of rotatable bonds is 3. The van der Waals surface area contributed by atoms with Crippen molar-refractivity contribution in [3.63, 3.8) is 0 Å². The first-order chi connectivity index (χ1) is 11.7. The predicted octanol–water partition coefficient (Wildman–Crippen LogP) is 4.35. The number of halogens is 1. The summed E-state index contributed by atoms with van der Waals surface area (Å²) in [6.07, 6.45) is 0. The lowest BCUT2D eigenvalue weighted by atomic mass is 10.1. The highest BCUT2D eigenvalue weighted by Gasteiger charge is 2.17. The van der Waals surface area contributed by atoms with Crippen molar-refractivity contribution in [1.29, 1.82) is 0 Å². The van der Waals surface area contributed by atoms with Gasteiger partial charge in [-0.15, -0.1) is 0 Å². The predicted molar refractivity (Wildman–Crippen MR) is 95.2 cm³/mol. The fourth-order valence-electron chi connectivity index (χ4n) is 3.32. The molecule has 2 N–H and O–H groups in total. The van der Waals surface area contributed by atoms with Crippen LogP contribution >= 0.6 is 0 Å². The molecule has 0 unspecified atom stereocenters. The van der Waals surface area contributed by atoms with Crippen LogP contribution in [-0.2, 0) is 6.54 Å². The van der Waals surface area contributed by atoms with E-state index in [0.717, 1.165) is 21.8 Å². The van der Waals surface area contributed by atoms with Gasteiger partial charge in [-0.05, 0) is 25.2 Å². The number of phenols is 1. The SMILES string of the molecule is CNCc1cc(F)cc(-n2c3ccccc3c3ccccc32)c1O. The molecule has 24 heavy (non-hydrogen) atoms. The summed E-state index contributed by atoms with van der Waals surface area (Å²) in [5.74, 6) is -0.271. The number of fused-ring (bicyclic) bond motifs is 3. The molecule has 0 aliphatic rings. The molecule has 120 valence electrons. The zero-order valence-corrected chi connectivity index (χ0v) is 13.3. The molecule has 0 aliphatic heterocycles. The first-order valence-electron chi connectivity index (χ1n) is 7.85. The lowest BCUT2D eigenvalue weighted by molar-refractivity contribution is 0.461. The summed E-state index contributed by atoms with van der Waals surface area (Å²) in [5.41, 5.74) is 2.87. The topological polar surface area (TPSA) is 37.2 Å². The molecule has 3 aromatic carbocycles. The smallest absolute Gasteiger partial charge is 0.144 e. The van der Waals surface area contributed by atoms with E-state index >= 15 is 0 Å². The molecular formula is C20H17FN2O. The molecule has 0 saturated carbocycles. The second kappa shape index (κ2) is 5.65. The molecule has 4 aromatic rings. The van der Waals surface area contributed by atoms with E-state index in [1.807, 2.05) is 53.1 Å². The Morgan fingerprint density at radius 3 is 2.12 bits per heavy atom. The minimum Gasteiger partial charge on any atom is -0.505 e. The summed E-state index contributed by atoms with van der Waals surface area (Å²) in [6.45, 7) is 0.397. The highest BCUT2D eigenvalue weighted by atomic mass is 19.1. The van der Waals surface area contributed by atoms with E-state index in [9.17, 15) is 9.50 Å². The van der Waals surface area contributed by atoms with E-state index in [1.54, 1.807) is 7.05 Å². The lowest BCUT2D eigenvalue weighted by Crippen LogP contribution is -2.07. The average molecular weight is 320 g/mol. The van der Waals surface area contributed by atoms with E-state index in [0.29, 0.717) is 17.8 Å². The van der Waals surface area contributed by atoms with Crippen molar-refractivity contribution in [2.24, 2.45) is 0 Å². The number of aromatic hydroxyl groups is 1. The van der Waals surface area contributed by atoms with Gasteiger partial charge in [-0.3, -0.25) is 0 Å². The van der Waals surface area contributed by atoms with Crippen molar-refractivity contribution in [3.8, 4) is 11.4 Å². The maximum atomic E-state index is 14.2. The van der Waals surface area contributed by atoms with Crippen LogP contribution in [0.4, 0.5) is 4.39 Å². The Bertz CT molecular complexity index is 999. The third kappa shape index (κ3) is 2.15. The van der Waals surface area contributed by atoms with Crippen molar-refractivity contribution in [3.05, 3.63) is 72.0 Å². The minimum absolute atomic E-state index is 0.0947. The van der Waals surface area contributed by atoms with Crippen molar-refractivity contribution in [1.82, 2.24) is 9.88 Å². The summed E-state index contributed by atoms with van der Waals surface area (Å²) in [4.78, 5) is 0. The number of para-hydroxylation sites is 2. The Morgan fingerprint density at radius 2 is 1.54 bits per heavy atom. The van der Waals surface area contributed by atoms with Gasteiger partial charge in [0.05, 0.1) is 16.7 Å². The molecule has 0 atom stereocenters. The van der Waals surface area contributed by atoms with Crippen molar-refractivity contribution >= 4 is 21.8 Å². The van der Waals surface area contributed by atoms with Gasteiger partial charge in [-0.1, -0.05) is 36.4 Å². The Labute approximate surface area is 139 Å². The first kappa shape index (κ1) is 14.7. The molecule has 3 nitrogen and oxygen atoms in total. The molecule has 4 heteroatoms. The van der Waals surface area contributed by atoms with Gasteiger partial charge in [0.15, 0.2) is 0 Å². The van der Waals surface area contributed by atoms with Crippen LogP contribution < -0.4 is 5.32 Å². The zero-order valence-electron chi connectivity index (χ0n) is 13.3. The van der Waals surface area contributed by atoms with Crippen molar-refractivity contribution in [2.75, 3.05) is 7.05 Å². The highest BCUT2D eigenvalue weighted by molar-refractivity contribution is 6.09. The molecule has 0 spiro atoms. The largest absolute Gasteiger partial charge is 0.505 e. The monoisotopic (exact) mass is 320 g/mol. The fraction of sp³-hybridized carbons (Fsp3) is 0.100. The molecule has 0 aliphatic carbocycles. The minimum atomic E-state index is -0.366. The maximum Gasteiger partial charge on any atom is 0.144 e. The van der Waals surface area contributed by atoms with Crippen LogP contribution in [-0.4, -0.2) is 16.7 Å². The number of hydrogen-bond donors (Lipinski definition) is 2. The summed E-state index contributed by atoms with van der Waals surface area (Å²) in [6, 6.07) is 18.7. The van der Waals surface area contributed by atoms with Gasteiger partial charge in [0, 0.05) is 28.9 Å². The summed E-state index contributed by atoms with van der Waals surface area (Å²) < 4.78 is 16.1. The Morgan fingerprint density at radius 1 is 0.958 bits per heavy atom. The summed E-state index contributed by atoms with van der Waals surface area (Å²) >= 11 is 0. The van der Waals surface area contributed by atoms with Crippen LogP contribution in [0.15, 0.2) is 60.7 Å². The number of nitrogens with one attached hydrogen (secondary N) is 1. The number of nitrogens with zero attached hydrogens (tertiary/aromatic N) is 1.